The smallest absolute Gasteiger partial charge is 0.0942 e. The average molecular weight is 248 g/mol. The zero-order valence-electron chi connectivity index (χ0n) is 8.32. The van der Waals surface area contributed by atoms with Gasteiger partial charge >= 0.3 is 0 Å². The first-order valence-corrected chi connectivity index (χ1v) is 5.32. The lowest BCUT2D eigenvalue weighted by Crippen LogP contribution is -2.28. The largest absolute Gasteiger partial charge is 0.387 e. The van der Waals surface area contributed by atoms with Gasteiger partial charge in [-0.1, -0.05) is 23.7 Å². The van der Waals surface area contributed by atoms with Gasteiger partial charge in [0.15, 0.2) is 0 Å². The summed E-state index contributed by atoms with van der Waals surface area (Å²) in [5.74, 6) is 0. The summed E-state index contributed by atoms with van der Waals surface area (Å²) in [6.45, 7) is 1.01. The molecule has 84 valence electrons. The Hall–Kier alpha value is -0.280. The van der Waals surface area contributed by atoms with E-state index in [2.05, 4.69) is 5.32 Å². The van der Waals surface area contributed by atoms with Gasteiger partial charge in [0.2, 0.25) is 0 Å². The Morgan fingerprint density at radius 3 is 2.53 bits per heavy atom. The molecule has 15 heavy (non-hydrogen) atoms. The maximum absolute atomic E-state index is 10.0. The lowest BCUT2D eigenvalue weighted by Gasteiger charge is -2.18. The summed E-state index contributed by atoms with van der Waals surface area (Å²) >= 11 is 5.78. The molecule has 2 nitrogen and oxygen atoms in total. The van der Waals surface area contributed by atoms with Gasteiger partial charge in [-0.2, -0.15) is 0 Å². The van der Waals surface area contributed by atoms with Gasteiger partial charge in [0.1, 0.15) is 0 Å². The zero-order chi connectivity index (χ0) is 9.97. The van der Waals surface area contributed by atoms with E-state index in [1.165, 1.54) is 0 Å². The molecule has 2 rings (SSSR count). The van der Waals surface area contributed by atoms with Crippen molar-refractivity contribution in [2.24, 2.45) is 0 Å². The predicted octanol–water partition coefficient (Wildman–Crippen LogP) is 2.55. The second-order valence-corrected chi connectivity index (χ2v) is 4.14. The zero-order valence-corrected chi connectivity index (χ0v) is 9.89. The van der Waals surface area contributed by atoms with Gasteiger partial charge in [0, 0.05) is 11.1 Å². The maximum Gasteiger partial charge on any atom is 0.0942 e. The first kappa shape index (κ1) is 12.8. The van der Waals surface area contributed by atoms with E-state index in [9.17, 15) is 5.11 Å². The van der Waals surface area contributed by atoms with Crippen LogP contribution in [0.15, 0.2) is 24.3 Å². The third kappa shape index (κ3) is 3.08. The third-order valence-electron chi connectivity index (χ3n) is 2.69. The molecule has 0 aliphatic carbocycles. The molecule has 0 aromatic heterocycles. The van der Waals surface area contributed by atoms with E-state index in [1.54, 1.807) is 0 Å². The molecule has 0 saturated carbocycles. The van der Waals surface area contributed by atoms with E-state index < -0.39 is 6.10 Å². The van der Waals surface area contributed by atoms with E-state index in [-0.39, 0.29) is 18.4 Å². The fourth-order valence-corrected chi connectivity index (χ4v) is 2.00. The molecule has 0 radical (unpaired) electrons. The van der Waals surface area contributed by atoms with Crippen LogP contribution in [0.3, 0.4) is 0 Å². The van der Waals surface area contributed by atoms with Crippen molar-refractivity contribution in [1.29, 1.82) is 0 Å². The van der Waals surface area contributed by atoms with Gasteiger partial charge in [0.25, 0.3) is 0 Å². The summed E-state index contributed by atoms with van der Waals surface area (Å²) in [4.78, 5) is 0. The predicted molar refractivity (Wildman–Crippen MR) is 64.7 cm³/mol. The van der Waals surface area contributed by atoms with Crippen molar-refractivity contribution in [1.82, 2.24) is 5.32 Å². The van der Waals surface area contributed by atoms with Gasteiger partial charge in [-0.3, -0.25) is 0 Å². The van der Waals surface area contributed by atoms with Crippen LogP contribution in [-0.2, 0) is 0 Å². The molecular formula is C11H15Cl2NO. The number of halogens is 2. The van der Waals surface area contributed by atoms with Crippen LogP contribution >= 0.6 is 24.0 Å². The van der Waals surface area contributed by atoms with E-state index in [0.717, 1.165) is 24.9 Å². The SMILES string of the molecule is Cl.OC(c1ccc(Cl)cc1)C1CCCN1. The number of nitrogens with one attached hydrogen (secondary N) is 1. The summed E-state index contributed by atoms with van der Waals surface area (Å²) in [6.07, 6.45) is 1.79. The monoisotopic (exact) mass is 247 g/mol. The summed E-state index contributed by atoms with van der Waals surface area (Å²) < 4.78 is 0. The summed E-state index contributed by atoms with van der Waals surface area (Å²) in [7, 11) is 0. The van der Waals surface area contributed by atoms with Crippen molar-refractivity contribution in [3.8, 4) is 0 Å². The number of hydrogen-bond donors (Lipinski definition) is 2. The number of rotatable bonds is 2. The topological polar surface area (TPSA) is 32.3 Å². The molecule has 0 amide bonds. The van der Waals surface area contributed by atoms with Crippen molar-refractivity contribution in [2.45, 2.75) is 25.0 Å². The van der Waals surface area contributed by atoms with E-state index in [0.29, 0.717) is 5.02 Å². The molecule has 4 heteroatoms. The number of hydrogen-bond acceptors (Lipinski definition) is 2. The summed E-state index contributed by atoms with van der Waals surface area (Å²) in [6, 6.07) is 7.60. The molecule has 0 bridgehead atoms. The molecule has 1 fully saturated rings. The molecule has 1 aliphatic heterocycles. The molecule has 1 heterocycles. The van der Waals surface area contributed by atoms with Crippen LogP contribution < -0.4 is 5.32 Å². The molecule has 2 atom stereocenters. The highest BCUT2D eigenvalue weighted by Crippen LogP contribution is 2.23. The van der Waals surface area contributed by atoms with Crippen LogP contribution in [0.1, 0.15) is 24.5 Å². The standard InChI is InChI=1S/C11H14ClNO.ClH/c12-9-5-3-8(4-6-9)11(14)10-2-1-7-13-10;/h3-6,10-11,13-14H,1-2,7H2;1H. The Morgan fingerprint density at radius 2 is 2.00 bits per heavy atom. The highest BCUT2D eigenvalue weighted by Gasteiger charge is 2.23. The first-order valence-electron chi connectivity index (χ1n) is 4.94. The van der Waals surface area contributed by atoms with Crippen LogP contribution in [0, 0.1) is 0 Å². The summed E-state index contributed by atoms with van der Waals surface area (Å²) in [5.41, 5.74) is 0.939. The minimum Gasteiger partial charge on any atom is -0.387 e. The number of aliphatic hydroxyl groups is 1. The van der Waals surface area contributed by atoms with Crippen LogP contribution in [0.25, 0.3) is 0 Å². The van der Waals surface area contributed by atoms with E-state index in [1.807, 2.05) is 24.3 Å². The molecule has 1 aliphatic rings. The third-order valence-corrected chi connectivity index (χ3v) is 2.94. The Kier molecular flexibility index (Phi) is 4.87. The Balaban J connectivity index is 0.00000112. The molecular weight excluding hydrogens is 233 g/mol. The highest BCUT2D eigenvalue weighted by atomic mass is 35.5. The lowest BCUT2D eigenvalue weighted by molar-refractivity contribution is 0.137. The van der Waals surface area contributed by atoms with E-state index >= 15 is 0 Å². The van der Waals surface area contributed by atoms with Crippen molar-refractivity contribution in [3.05, 3.63) is 34.9 Å². The van der Waals surface area contributed by atoms with Crippen LogP contribution in [0.5, 0.6) is 0 Å². The van der Waals surface area contributed by atoms with Crippen molar-refractivity contribution < 1.29 is 5.11 Å². The maximum atomic E-state index is 10.0. The Bertz CT molecular complexity index is 296. The fraction of sp³-hybridized carbons (Fsp3) is 0.455. The number of benzene rings is 1. The molecule has 1 aromatic rings. The highest BCUT2D eigenvalue weighted by molar-refractivity contribution is 6.30. The Morgan fingerprint density at radius 1 is 1.33 bits per heavy atom. The second kappa shape index (κ2) is 5.71. The average Bonchev–Trinajstić information content (AvgIpc) is 2.71. The first-order chi connectivity index (χ1) is 6.77. The van der Waals surface area contributed by atoms with Gasteiger partial charge < -0.3 is 10.4 Å². The second-order valence-electron chi connectivity index (χ2n) is 3.70. The summed E-state index contributed by atoms with van der Waals surface area (Å²) in [5, 5.41) is 14.0. The number of aliphatic hydroxyl groups excluding tert-OH is 1. The van der Waals surface area contributed by atoms with Crippen LogP contribution in [-0.4, -0.2) is 17.7 Å². The molecule has 0 spiro atoms. The molecule has 1 aromatic carbocycles. The molecule has 2 unspecified atom stereocenters. The minimum atomic E-state index is -0.408. The van der Waals surface area contributed by atoms with Crippen molar-refractivity contribution in [3.63, 3.8) is 0 Å². The van der Waals surface area contributed by atoms with Crippen molar-refractivity contribution in [2.75, 3.05) is 6.54 Å². The van der Waals surface area contributed by atoms with Gasteiger partial charge in [-0.15, -0.1) is 12.4 Å². The minimum absolute atomic E-state index is 0. The van der Waals surface area contributed by atoms with Gasteiger partial charge in [-0.25, -0.2) is 0 Å². The quantitative estimate of drug-likeness (QED) is 0.843. The van der Waals surface area contributed by atoms with Crippen LogP contribution in [0.2, 0.25) is 5.02 Å². The normalized spacial score (nSPS) is 22.1. The Labute approximate surface area is 101 Å². The fourth-order valence-electron chi connectivity index (χ4n) is 1.87. The van der Waals surface area contributed by atoms with Crippen molar-refractivity contribution >= 4 is 24.0 Å². The van der Waals surface area contributed by atoms with Gasteiger partial charge in [-0.05, 0) is 37.1 Å². The van der Waals surface area contributed by atoms with E-state index in [4.69, 9.17) is 11.6 Å². The lowest BCUT2D eigenvalue weighted by atomic mass is 10.0. The van der Waals surface area contributed by atoms with Crippen LogP contribution in [0.4, 0.5) is 0 Å². The molecule has 1 saturated heterocycles. The molecule has 2 N–H and O–H groups in total. The van der Waals surface area contributed by atoms with Gasteiger partial charge in [0.05, 0.1) is 6.10 Å².